The summed E-state index contributed by atoms with van der Waals surface area (Å²) < 4.78 is 39.0. The van der Waals surface area contributed by atoms with Crippen molar-refractivity contribution in [1.29, 1.82) is 0 Å². The third-order valence-electron chi connectivity index (χ3n) is 4.45. The molecule has 21 heavy (non-hydrogen) atoms. The molecule has 114 valence electrons. The van der Waals surface area contributed by atoms with Crippen LogP contribution >= 0.6 is 0 Å². The number of hydrogen-bond acceptors (Lipinski definition) is 2. The second kappa shape index (κ2) is 5.33. The number of nitrogens with one attached hydrogen (secondary N) is 1. The van der Waals surface area contributed by atoms with Crippen LogP contribution in [0.3, 0.4) is 0 Å². The van der Waals surface area contributed by atoms with Gasteiger partial charge in [0, 0.05) is 13.1 Å². The number of carbonyl (C=O) groups is 1. The van der Waals surface area contributed by atoms with Gasteiger partial charge in [0.25, 0.3) is 5.91 Å². The summed E-state index contributed by atoms with van der Waals surface area (Å²) in [4.78, 5) is 14.0. The molecule has 1 aromatic rings. The van der Waals surface area contributed by atoms with Gasteiger partial charge < -0.3 is 10.2 Å². The van der Waals surface area contributed by atoms with Gasteiger partial charge in [-0.25, -0.2) is 0 Å². The van der Waals surface area contributed by atoms with Crippen molar-refractivity contribution in [3.63, 3.8) is 0 Å². The number of rotatable bonds is 1. The average molecular weight is 298 g/mol. The first-order chi connectivity index (χ1) is 9.97. The van der Waals surface area contributed by atoms with Crippen LogP contribution in [0, 0.1) is 11.8 Å². The van der Waals surface area contributed by atoms with Crippen LogP contribution in [0.1, 0.15) is 22.3 Å². The Balaban J connectivity index is 1.83. The van der Waals surface area contributed by atoms with Gasteiger partial charge in [-0.1, -0.05) is 12.1 Å². The van der Waals surface area contributed by atoms with E-state index < -0.39 is 17.6 Å². The van der Waals surface area contributed by atoms with Crippen LogP contribution in [0.4, 0.5) is 13.2 Å². The minimum Gasteiger partial charge on any atom is -0.338 e. The van der Waals surface area contributed by atoms with Gasteiger partial charge in [-0.3, -0.25) is 4.79 Å². The molecule has 3 nitrogen and oxygen atoms in total. The molecule has 0 aliphatic carbocycles. The van der Waals surface area contributed by atoms with Crippen molar-refractivity contribution in [3.05, 3.63) is 35.4 Å². The molecule has 2 heterocycles. The largest absolute Gasteiger partial charge is 0.417 e. The van der Waals surface area contributed by atoms with E-state index in [0.717, 1.165) is 25.6 Å². The summed E-state index contributed by atoms with van der Waals surface area (Å²) in [6, 6.07) is 5.03. The van der Waals surface area contributed by atoms with Crippen molar-refractivity contribution in [3.8, 4) is 0 Å². The van der Waals surface area contributed by atoms with Gasteiger partial charge in [-0.15, -0.1) is 0 Å². The molecular weight excluding hydrogens is 281 g/mol. The van der Waals surface area contributed by atoms with Crippen molar-refractivity contribution >= 4 is 5.91 Å². The van der Waals surface area contributed by atoms with Gasteiger partial charge in [0.1, 0.15) is 0 Å². The first kappa shape index (κ1) is 14.4. The summed E-state index contributed by atoms with van der Waals surface area (Å²) >= 11 is 0. The average Bonchev–Trinajstić information content (AvgIpc) is 2.93. The van der Waals surface area contributed by atoms with Gasteiger partial charge in [0.15, 0.2) is 0 Å². The third-order valence-corrected chi connectivity index (χ3v) is 4.45. The Hall–Kier alpha value is -1.56. The zero-order valence-electron chi connectivity index (χ0n) is 11.5. The maximum Gasteiger partial charge on any atom is 0.417 e. The lowest BCUT2D eigenvalue weighted by atomic mass is 9.88. The lowest BCUT2D eigenvalue weighted by molar-refractivity contribution is -0.138. The molecule has 1 amide bonds. The zero-order chi connectivity index (χ0) is 15.0. The van der Waals surface area contributed by atoms with Crippen LogP contribution in [-0.2, 0) is 6.18 Å². The molecule has 2 atom stereocenters. The second-order valence-corrected chi connectivity index (χ2v) is 5.76. The van der Waals surface area contributed by atoms with Crippen molar-refractivity contribution in [2.45, 2.75) is 12.6 Å². The molecule has 0 aromatic heterocycles. The Kier molecular flexibility index (Phi) is 3.65. The van der Waals surface area contributed by atoms with Gasteiger partial charge in [0.05, 0.1) is 11.1 Å². The molecule has 3 rings (SSSR count). The quantitative estimate of drug-likeness (QED) is 0.863. The smallest absolute Gasteiger partial charge is 0.338 e. The van der Waals surface area contributed by atoms with Crippen LogP contribution in [0.15, 0.2) is 24.3 Å². The first-order valence-electron chi connectivity index (χ1n) is 7.13. The molecule has 6 heteroatoms. The fraction of sp³-hybridized carbons (Fsp3) is 0.533. The first-order valence-corrected chi connectivity index (χ1v) is 7.13. The summed E-state index contributed by atoms with van der Waals surface area (Å²) in [5.41, 5.74) is -1.09. The van der Waals surface area contributed by atoms with E-state index in [4.69, 9.17) is 0 Å². The second-order valence-electron chi connectivity index (χ2n) is 5.76. The molecule has 1 aromatic carbocycles. The van der Waals surface area contributed by atoms with Crippen LogP contribution < -0.4 is 5.32 Å². The zero-order valence-corrected chi connectivity index (χ0v) is 11.5. The fourth-order valence-corrected chi connectivity index (χ4v) is 3.31. The van der Waals surface area contributed by atoms with Crippen LogP contribution in [0.5, 0.6) is 0 Å². The van der Waals surface area contributed by atoms with Gasteiger partial charge in [-0.05, 0) is 43.5 Å². The fourth-order valence-electron chi connectivity index (χ4n) is 3.31. The predicted molar refractivity (Wildman–Crippen MR) is 71.8 cm³/mol. The molecule has 2 aliphatic rings. The molecule has 0 bridgehead atoms. The van der Waals surface area contributed by atoms with Gasteiger partial charge >= 0.3 is 6.18 Å². The van der Waals surface area contributed by atoms with Gasteiger partial charge in [-0.2, -0.15) is 13.2 Å². The highest BCUT2D eigenvalue weighted by Crippen LogP contribution is 2.33. The SMILES string of the molecule is O=C(c1ccccc1C(F)(F)F)N1CCC2CNCC2C1. The maximum absolute atomic E-state index is 13.0. The minimum atomic E-state index is -4.50. The number of carbonyl (C=O) groups excluding carboxylic acids is 1. The number of likely N-dealkylation sites (tertiary alicyclic amines) is 1. The summed E-state index contributed by atoms with van der Waals surface area (Å²) in [6.45, 7) is 2.87. The Morgan fingerprint density at radius 3 is 2.67 bits per heavy atom. The maximum atomic E-state index is 13.0. The van der Waals surface area contributed by atoms with E-state index in [9.17, 15) is 18.0 Å². The van der Waals surface area contributed by atoms with E-state index in [1.807, 2.05) is 0 Å². The molecule has 1 N–H and O–H groups in total. The van der Waals surface area contributed by atoms with Crippen molar-refractivity contribution in [2.24, 2.45) is 11.8 Å². The molecular formula is C15H17F3N2O. The van der Waals surface area contributed by atoms with Crippen LogP contribution in [-0.4, -0.2) is 37.0 Å². The summed E-state index contributed by atoms with van der Waals surface area (Å²) in [6.07, 6.45) is -3.64. The van der Waals surface area contributed by atoms with Crippen LogP contribution in [0.25, 0.3) is 0 Å². The molecule has 2 unspecified atom stereocenters. The monoisotopic (exact) mass is 298 g/mol. The predicted octanol–water partition coefficient (Wildman–Crippen LogP) is 2.39. The number of hydrogen-bond donors (Lipinski definition) is 1. The molecule has 0 spiro atoms. The lowest BCUT2D eigenvalue weighted by Gasteiger charge is -2.35. The lowest BCUT2D eigenvalue weighted by Crippen LogP contribution is -2.43. The molecule has 0 radical (unpaired) electrons. The van der Waals surface area contributed by atoms with E-state index in [1.54, 1.807) is 4.90 Å². The topological polar surface area (TPSA) is 32.3 Å². The number of benzene rings is 1. The van der Waals surface area contributed by atoms with Crippen molar-refractivity contribution < 1.29 is 18.0 Å². The summed E-state index contributed by atoms with van der Waals surface area (Å²) in [7, 11) is 0. The van der Waals surface area contributed by atoms with E-state index in [1.165, 1.54) is 18.2 Å². The minimum absolute atomic E-state index is 0.241. The highest BCUT2D eigenvalue weighted by molar-refractivity contribution is 5.96. The van der Waals surface area contributed by atoms with E-state index in [0.29, 0.717) is 24.9 Å². The number of alkyl halides is 3. The van der Waals surface area contributed by atoms with E-state index in [-0.39, 0.29) is 5.56 Å². The molecule has 2 saturated heterocycles. The Morgan fingerprint density at radius 2 is 1.90 bits per heavy atom. The van der Waals surface area contributed by atoms with Crippen molar-refractivity contribution in [2.75, 3.05) is 26.2 Å². The molecule has 0 saturated carbocycles. The molecule has 2 fully saturated rings. The Morgan fingerprint density at radius 1 is 1.19 bits per heavy atom. The highest BCUT2D eigenvalue weighted by atomic mass is 19.4. The summed E-state index contributed by atoms with van der Waals surface area (Å²) in [5.74, 6) is 0.404. The number of amides is 1. The standard InChI is InChI=1S/C15H17F3N2O/c16-15(17,18)13-4-2-1-3-12(13)14(21)20-6-5-10-7-19-8-11(10)9-20/h1-4,10-11,19H,5-9H2. The van der Waals surface area contributed by atoms with Gasteiger partial charge in [0.2, 0.25) is 0 Å². The number of halogens is 3. The number of nitrogens with zero attached hydrogens (tertiary/aromatic N) is 1. The van der Waals surface area contributed by atoms with Crippen molar-refractivity contribution in [1.82, 2.24) is 10.2 Å². The van der Waals surface area contributed by atoms with E-state index in [2.05, 4.69) is 5.32 Å². The number of piperidine rings is 1. The normalized spacial score (nSPS) is 25.8. The Labute approximate surface area is 121 Å². The summed E-state index contributed by atoms with van der Waals surface area (Å²) in [5, 5.41) is 3.28. The Bertz CT molecular complexity index is 544. The highest BCUT2D eigenvalue weighted by Gasteiger charge is 2.38. The number of fused-ring (bicyclic) bond motifs is 1. The molecule has 2 aliphatic heterocycles. The van der Waals surface area contributed by atoms with Crippen LogP contribution in [0.2, 0.25) is 0 Å². The third kappa shape index (κ3) is 2.77. The van der Waals surface area contributed by atoms with E-state index >= 15 is 0 Å².